The first-order chi connectivity index (χ1) is 13.7. The Morgan fingerprint density at radius 1 is 1.11 bits per heavy atom. The number of halogens is 1. The molecule has 28 heavy (non-hydrogen) atoms. The lowest BCUT2D eigenvalue weighted by molar-refractivity contribution is 0.133. The first kappa shape index (κ1) is 18.7. The van der Waals surface area contributed by atoms with Crippen LogP contribution in [0.15, 0.2) is 35.1 Å². The van der Waals surface area contributed by atoms with E-state index >= 15 is 0 Å². The van der Waals surface area contributed by atoms with Crippen molar-refractivity contribution in [3.8, 4) is 0 Å². The second-order valence-electron chi connectivity index (χ2n) is 7.34. The summed E-state index contributed by atoms with van der Waals surface area (Å²) in [6.07, 6.45) is 3.82. The van der Waals surface area contributed by atoms with Crippen LogP contribution in [0.2, 0.25) is 0 Å². The van der Waals surface area contributed by atoms with Crippen molar-refractivity contribution >= 4 is 11.7 Å². The number of nitrogens with one attached hydrogen (secondary N) is 1. The van der Waals surface area contributed by atoms with Gasteiger partial charge >= 0.3 is 6.03 Å². The molecule has 8 heteroatoms. The van der Waals surface area contributed by atoms with Gasteiger partial charge in [-0.3, -0.25) is 4.90 Å². The predicted molar refractivity (Wildman–Crippen MR) is 103 cm³/mol. The molecule has 0 radical (unpaired) electrons. The molecule has 2 saturated heterocycles. The molecule has 0 saturated carbocycles. The van der Waals surface area contributed by atoms with Gasteiger partial charge in [0, 0.05) is 69.7 Å². The molecule has 1 N–H and O–H groups in total. The highest BCUT2D eigenvalue weighted by atomic mass is 19.1. The molecular weight excluding hydrogens is 361 g/mol. The Morgan fingerprint density at radius 3 is 2.61 bits per heavy atom. The van der Waals surface area contributed by atoms with Crippen LogP contribution in [0.1, 0.15) is 24.1 Å². The summed E-state index contributed by atoms with van der Waals surface area (Å²) >= 11 is 0. The summed E-state index contributed by atoms with van der Waals surface area (Å²) in [6, 6.07) is 6.85. The standard InChI is InChI=1S/C20H26FN5O2/c21-18-4-3-5-19(25-7-1-2-8-25)17(18)14-22-20(27)26-11-9-24(10-12-26)15-16-6-13-28-23-16/h3-6,13H,1-2,7-12,14-15H2,(H,22,27). The lowest BCUT2D eigenvalue weighted by atomic mass is 10.1. The molecule has 0 unspecified atom stereocenters. The topological polar surface area (TPSA) is 64.9 Å². The number of hydrogen-bond donors (Lipinski definition) is 1. The van der Waals surface area contributed by atoms with E-state index in [2.05, 4.69) is 20.3 Å². The molecular formula is C20H26FN5O2. The summed E-state index contributed by atoms with van der Waals surface area (Å²) in [4.78, 5) is 18.8. The van der Waals surface area contributed by atoms with Crippen LogP contribution in [-0.2, 0) is 13.1 Å². The highest BCUT2D eigenvalue weighted by Gasteiger charge is 2.23. The van der Waals surface area contributed by atoms with E-state index in [1.54, 1.807) is 17.2 Å². The van der Waals surface area contributed by atoms with Gasteiger partial charge in [0.25, 0.3) is 0 Å². The number of aromatic nitrogens is 1. The summed E-state index contributed by atoms with van der Waals surface area (Å²) < 4.78 is 19.3. The Hall–Kier alpha value is -2.61. The molecule has 4 rings (SSSR count). The van der Waals surface area contributed by atoms with Gasteiger partial charge in [0.05, 0.1) is 5.69 Å². The number of amides is 2. The monoisotopic (exact) mass is 387 g/mol. The number of piperazine rings is 1. The fraction of sp³-hybridized carbons (Fsp3) is 0.500. The maximum absolute atomic E-state index is 14.4. The Labute approximate surface area is 164 Å². The zero-order chi connectivity index (χ0) is 19.3. The molecule has 0 aliphatic carbocycles. The summed E-state index contributed by atoms with van der Waals surface area (Å²) in [5.74, 6) is -0.262. The zero-order valence-corrected chi connectivity index (χ0v) is 15.9. The van der Waals surface area contributed by atoms with Crippen molar-refractivity contribution in [1.29, 1.82) is 0 Å². The Balaban J connectivity index is 1.30. The predicted octanol–water partition coefficient (Wildman–Crippen LogP) is 2.44. The highest BCUT2D eigenvalue weighted by Crippen LogP contribution is 2.26. The third-order valence-corrected chi connectivity index (χ3v) is 5.49. The maximum Gasteiger partial charge on any atom is 0.317 e. The molecule has 0 atom stereocenters. The van der Waals surface area contributed by atoms with Crippen molar-refractivity contribution < 1.29 is 13.7 Å². The van der Waals surface area contributed by atoms with Crippen molar-refractivity contribution in [1.82, 2.24) is 20.3 Å². The molecule has 2 aliphatic rings. The van der Waals surface area contributed by atoms with Crippen LogP contribution in [0.25, 0.3) is 0 Å². The summed E-state index contributed by atoms with van der Waals surface area (Å²) in [5.41, 5.74) is 2.37. The van der Waals surface area contributed by atoms with Gasteiger partial charge in [-0.25, -0.2) is 9.18 Å². The Kier molecular flexibility index (Phi) is 5.76. The molecule has 1 aromatic carbocycles. The van der Waals surface area contributed by atoms with Gasteiger partial charge in [0.2, 0.25) is 0 Å². The van der Waals surface area contributed by atoms with Crippen molar-refractivity contribution in [2.24, 2.45) is 0 Å². The molecule has 150 valence electrons. The molecule has 7 nitrogen and oxygen atoms in total. The van der Waals surface area contributed by atoms with Crippen LogP contribution in [0.5, 0.6) is 0 Å². The lowest BCUT2D eigenvalue weighted by Gasteiger charge is -2.34. The zero-order valence-electron chi connectivity index (χ0n) is 15.9. The third kappa shape index (κ3) is 4.27. The van der Waals surface area contributed by atoms with Gasteiger partial charge in [0.15, 0.2) is 0 Å². The number of nitrogens with zero attached hydrogens (tertiary/aromatic N) is 4. The number of rotatable bonds is 5. The van der Waals surface area contributed by atoms with Crippen LogP contribution in [0.3, 0.4) is 0 Å². The molecule has 2 aliphatic heterocycles. The van der Waals surface area contributed by atoms with Crippen molar-refractivity contribution in [2.75, 3.05) is 44.2 Å². The largest absolute Gasteiger partial charge is 0.371 e. The summed E-state index contributed by atoms with van der Waals surface area (Å²) in [7, 11) is 0. The van der Waals surface area contributed by atoms with E-state index in [1.165, 1.54) is 6.07 Å². The fourth-order valence-corrected chi connectivity index (χ4v) is 3.91. The van der Waals surface area contributed by atoms with Crippen LogP contribution in [-0.4, -0.2) is 60.3 Å². The number of hydrogen-bond acceptors (Lipinski definition) is 5. The minimum Gasteiger partial charge on any atom is -0.371 e. The fourth-order valence-electron chi connectivity index (χ4n) is 3.91. The summed E-state index contributed by atoms with van der Waals surface area (Å²) in [6.45, 7) is 5.64. The normalized spacial score (nSPS) is 17.9. The van der Waals surface area contributed by atoms with Crippen molar-refractivity contribution in [3.63, 3.8) is 0 Å². The first-order valence-electron chi connectivity index (χ1n) is 9.87. The van der Waals surface area contributed by atoms with Gasteiger partial charge in [-0.1, -0.05) is 11.2 Å². The maximum atomic E-state index is 14.4. The van der Waals surface area contributed by atoms with E-state index in [-0.39, 0.29) is 18.4 Å². The van der Waals surface area contributed by atoms with E-state index < -0.39 is 0 Å². The average molecular weight is 387 g/mol. The minimum atomic E-state index is -0.262. The third-order valence-electron chi connectivity index (χ3n) is 5.49. The Bertz CT molecular complexity index is 784. The average Bonchev–Trinajstić information content (AvgIpc) is 3.41. The first-order valence-corrected chi connectivity index (χ1v) is 9.87. The van der Waals surface area contributed by atoms with Gasteiger partial charge in [-0.05, 0) is 25.0 Å². The van der Waals surface area contributed by atoms with E-state index in [1.807, 2.05) is 12.1 Å². The minimum absolute atomic E-state index is 0.142. The van der Waals surface area contributed by atoms with E-state index in [4.69, 9.17) is 4.52 Å². The molecule has 2 aromatic rings. The smallest absolute Gasteiger partial charge is 0.317 e. The van der Waals surface area contributed by atoms with E-state index in [0.717, 1.165) is 56.9 Å². The number of anilines is 1. The second-order valence-corrected chi connectivity index (χ2v) is 7.34. The molecule has 1 aromatic heterocycles. The molecule has 0 bridgehead atoms. The van der Waals surface area contributed by atoms with Gasteiger partial charge in [-0.15, -0.1) is 0 Å². The number of carbonyl (C=O) groups excluding carboxylic acids is 1. The van der Waals surface area contributed by atoms with Gasteiger partial charge in [0.1, 0.15) is 12.1 Å². The summed E-state index contributed by atoms with van der Waals surface area (Å²) in [5, 5.41) is 6.84. The van der Waals surface area contributed by atoms with Crippen molar-refractivity contribution in [3.05, 3.63) is 47.6 Å². The molecule has 3 heterocycles. The molecule has 2 fully saturated rings. The van der Waals surface area contributed by atoms with Crippen LogP contribution in [0, 0.1) is 5.82 Å². The van der Waals surface area contributed by atoms with E-state index in [9.17, 15) is 9.18 Å². The second kappa shape index (κ2) is 8.60. The number of carbonyl (C=O) groups is 1. The van der Waals surface area contributed by atoms with Crippen molar-refractivity contribution in [2.45, 2.75) is 25.9 Å². The van der Waals surface area contributed by atoms with Gasteiger partial charge < -0.3 is 19.6 Å². The lowest BCUT2D eigenvalue weighted by Crippen LogP contribution is -2.51. The molecule has 2 amide bonds. The number of benzene rings is 1. The van der Waals surface area contributed by atoms with Gasteiger partial charge in [-0.2, -0.15) is 0 Å². The number of urea groups is 1. The quantitative estimate of drug-likeness (QED) is 0.854. The van der Waals surface area contributed by atoms with E-state index in [0.29, 0.717) is 18.7 Å². The highest BCUT2D eigenvalue weighted by molar-refractivity contribution is 5.74. The SMILES string of the molecule is O=C(NCc1c(F)cccc1N1CCCC1)N1CCN(Cc2ccon2)CC1. The van der Waals surface area contributed by atoms with Crippen LogP contribution in [0.4, 0.5) is 14.9 Å². The van der Waals surface area contributed by atoms with Crippen LogP contribution < -0.4 is 10.2 Å². The molecule has 0 spiro atoms. The Morgan fingerprint density at radius 2 is 1.89 bits per heavy atom. The van der Waals surface area contributed by atoms with Crippen LogP contribution >= 0.6 is 0 Å².